The number of hydrogen-bond donors (Lipinski definition) is 3. The summed E-state index contributed by atoms with van der Waals surface area (Å²) in [7, 11) is 6.26. The number of thioether (sulfide) groups is 1. The van der Waals surface area contributed by atoms with E-state index in [1.54, 1.807) is 52.3 Å². The third-order valence-electron chi connectivity index (χ3n) is 7.82. The smallest absolute Gasteiger partial charge is 0.242 e. The number of fused-ring (bicyclic) bond motifs is 3. The zero-order valence-corrected chi connectivity index (χ0v) is 27.4. The molecule has 2 unspecified atom stereocenters. The second-order valence-corrected chi connectivity index (χ2v) is 11.6. The van der Waals surface area contributed by atoms with Gasteiger partial charge in [-0.2, -0.15) is 11.8 Å². The molecule has 240 valence electrons. The first-order chi connectivity index (χ1) is 21.8. The van der Waals surface area contributed by atoms with Crippen LogP contribution < -0.4 is 40.3 Å². The van der Waals surface area contributed by atoms with Crippen molar-refractivity contribution in [1.82, 2.24) is 10.6 Å². The molecule has 3 N–H and O–H groups in total. The fourth-order valence-corrected chi connectivity index (χ4v) is 6.15. The van der Waals surface area contributed by atoms with E-state index in [1.807, 2.05) is 42.7 Å². The van der Waals surface area contributed by atoms with Crippen molar-refractivity contribution in [2.45, 2.75) is 44.8 Å². The highest BCUT2D eigenvalue weighted by Crippen LogP contribution is 2.50. The van der Waals surface area contributed by atoms with Gasteiger partial charge in [0.05, 0.1) is 40.2 Å². The highest BCUT2D eigenvalue weighted by Gasteiger charge is 2.30. The van der Waals surface area contributed by atoms with E-state index < -0.39 is 12.1 Å². The molecular formula is C34H41N3O7S. The minimum atomic E-state index is -0.667. The number of hydrogen-bond acceptors (Lipinski definition) is 9. The first-order valence-electron chi connectivity index (χ1n) is 14.7. The Balaban J connectivity index is 1.78. The third-order valence-corrected chi connectivity index (χ3v) is 8.46. The first-order valence-corrected chi connectivity index (χ1v) is 16.1. The third kappa shape index (κ3) is 7.65. The van der Waals surface area contributed by atoms with Crippen molar-refractivity contribution in [2.24, 2.45) is 0 Å². The van der Waals surface area contributed by atoms with Gasteiger partial charge < -0.3 is 34.9 Å². The van der Waals surface area contributed by atoms with Crippen LogP contribution in [-0.2, 0) is 22.6 Å². The number of carbonyl (C=O) groups is 2. The van der Waals surface area contributed by atoms with E-state index in [0.29, 0.717) is 59.1 Å². The van der Waals surface area contributed by atoms with Gasteiger partial charge in [-0.1, -0.05) is 24.3 Å². The Hall–Kier alpha value is -4.38. The van der Waals surface area contributed by atoms with Crippen molar-refractivity contribution < 1.29 is 28.5 Å². The van der Waals surface area contributed by atoms with Crippen molar-refractivity contribution >= 4 is 29.3 Å². The summed E-state index contributed by atoms with van der Waals surface area (Å²) in [4.78, 5) is 39.5. The highest BCUT2D eigenvalue weighted by molar-refractivity contribution is 7.98. The SMILES string of the molecule is COc1ccccc1CNC(=O)C(CCSC)Nc1ccc2c(cc1=O)C(NC(C)=O)CCc1cc(OC)c(OC)c(OC)c1-2. The number of nitrogens with one attached hydrogen (secondary N) is 3. The highest BCUT2D eigenvalue weighted by atomic mass is 32.2. The molecule has 0 fully saturated rings. The fraction of sp³-hybridized carbons (Fsp3) is 0.382. The molecule has 0 saturated carbocycles. The molecular weight excluding hydrogens is 594 g/mol. The normalized spacial score (nSPS) is 14.1. The molecule has 0 spiro atoms. The van der Waals surface area contributed by atoms with Gasteiger partial charge in [-0.15, -0.1) is 0 Å². The van der Waals surface area contributed by atoms with E-state index in [0.717, 1.165) is 16.7 Å². The predicted octanol–water partition coefficient (Wildman–Crippen LogP) is 4.72. The number of aryl methyl sites for hydroxylation is 1. The lowest BCUT2D eigenvalue weighted by molar-refractivity contribution is -0.122. The molecule has 4 rings (SSSR count). The topological polar surface area (TPSA) is 124 Å². The van der Waals surface area contributed by atoms with Gasteiger partial charge in [0.2, 0.25) is 23.0 Å². The van der Waals surface area contributed by atoms with Crippen molar-refractivity contribution in [2.75, 3.05) is 45.8 Å². The molecule has 10 nitrogen and oxygen atoms in total. The van der Waals surface area contributed by atoms with Crippen LogP contribution >= 0.6 is 11.8 Å². The zero-order chi connectivity index (χ0) is 32.5. The van der Waals surface area contributed by atoms with Gasteiger partial charge >= 0.3 is 0 Å². The van der Waals surface area contributed by atoms with Crippen LogP contribution in [0.1, 0.15) is 42.5 Å². The second kappa shape index (κ2) is 15.6. The van der Waals surface area contributed by atoms with Crippen molar-refractivity contribution in [3.63, 3.8) is 0 Å². The molecule has 0 bridgehead atoms. The molecule has 0 aliphatic heterocycles. The number of amides is 2. The fourth-order valence-electron chi connectivity index (χ4n) is 5.67. The number of anilines is 1. The summed E-state index contributed by atoms with van der Waals surface area (Å²) in [5.41, 5.74) is 3.86. The van der Waals surface area contributed by atoms with E-state index in [-0.39, 0.29) is 29.5 Å². The molecule has 0 aromatic heterocycles. The van der Waals surface area contributed by atoms with Crippen LogP contribution in [0, 0.1) is 0 Å². The summed E-state index contributed by atoms with van der Waals surface area (Å²) in [6.07, 6.45) is 3.61. The number of carbonyl (C=O) groups excluding carboxylic acids is 2. The van der Waals surface area contributed by atoms with Gasteiger partial charge in [-0.3, -0.25) is 14.4 Å². The lowest BCUT2D eigenvalue weighted by Crippen LogP contribution is -2.40. The summed E-state index contributed by atoms with van der Waals surface area (Å²) < 4.78 is 22.6. The van der Waals surface area contributed by atoms with Gasteiger partial charge in [0.1, 0.15) is 11.8 Å². The Morgan fingerprint density at radius 3 is 2.36 bits per heavy atom. The Morgan fingerprint density at radius 1 is 0.956 bits per heavy atom. The van der Waals surface area contributed by atoms with Crippen LogP contribution in [0.15, 0.2) is 53.3 Å². The van der Waals surface area contributed by atoms with Gasteiger partial charge in [0, 0.05) is 24.6 Å². The average molecular weight is 636 g/mol. The summed E-state index contributed by atoms with van der Waals surface area (Å²) >= 11 is 1.62. The van der Waals surface area contributed by atoms with Crippen molar-refractivity contribution in [3.05, 3.63) is 75.4 Å². The molecule has 3 aromatic carbocycles. The molecule has 11 heteroatoms. The van der Waals surface area contributed by atoms with Gasteiger partial charge in [-0.05, 0) is 72.2 Å². The molecule has 0 radical (unpaired) electrons. The van der Waals surface area contributed by atoms with Crippen molar-refractivity contribution in [1.29, 1.82) is 0 Å². The largest absolute Gasteiger partial charge is 0.496 e. The van der Waals surface area contributed by atoms with Crippen LogP contribution in [0.2, 0.25) is 0 Å². The quantitative estimate of drug-likeness (QED) is 0.245. The monoisotopic (exact) mass is 635 g/mol. The molecule has 45 heavy (non-hydrogen) atoms. The molecule has 1 aliphatic rings. The minimum Gasteiger partial charge on any atom is -0.496 e. The summed E-state index contributed by atoms with van der Waals surface area (Å²) in [6.45, 7) is 1.74. The maximum atomic E-state index is 13.8. The number of benzene rings is 2. The first kappa shape index (κ1) is 33.5. The lowest BCUT2D eigenvalue weighted by Gasteiger charge is -2.19. The Kier molecular flexibility index (Phi) is 11.6. The molecule has 1 aliphatic carbocycles. The molecule has 2 atom stereocenters. The van der Waals surface area contributed by atoms with E-state index in [1.165, 1.54) is 6.92 Å². The number of para-hydroxylation sites is 1. The van der Waals surface area contributed by atoms with Crippen LogP contribution in [0.25, 0.3) is 11.1 Å². The maximum absolute atomic E-state index is 13.8. The summed E-state index contributed by atoms with van der Waals surface area (Å²) in [6, 6.07) is 13.4. The van der Waals surface area contributed by atoms with E-state index >= 15 is 0 Å². The van der Waals surface area contributed by atoms with Gasteiger partial charge in [0.15, 0.2) is 11.5 Å². The summed E-state index contributed by atoms with van der Waals surface area (Å²) in [5.74, 6) is 2.37. The lowest BCUT2D eigenvalue weighted by atomic mass is 9.95. The average Bonchev–Trinajstić information content (AvgIpc) is 3.28. The van der Waals surface area contributed by atoms with Crippen molar-refractivity contribution in [3.8, 4) is 34.1 Å². The van der Waals surface area contributed by atoms with Gasteiger partial charge in [0.25, 0.3) is 0 Å². The number of rotatable bonds is 13. The Morgan fingerprint density at radius 2 is 1.69 bits per heavy atom. The molecule has 2 amide bonds. The molecule has 0 heterocycles. The Bertz CT molecular complexity index is 1600. The maximum Gasteiger partial charge on any atom is 0.242 e. The van der Waals surface area contributed by atoms with E-state index in [2.05, 4.69) is 16.0 Å². The van der Waals surface area contributed by atoms with E-state index in [4.69, 9.17) is 18.9 Å². The van der Waals surface area contributed by atoms with Crippen LogP contribution in [0.3, 0.4) is 0 Å². The van der Waals surface area contributed by atoms with Crippen LogP contribution in [0.5, 0.6) is 23.0 Å². The molecule has 3 aromatic rings. The van der Waals surface area contributed by atoms with Crippen LogP contribution in [0.4, 0.5) is 5.69 Å². The number of ether oxygens (including phenoxy) is 4. The zero-order valence-electron chi connectivity index (χ0n) is 26.6. The second-order valence-electron chi connectivity index (χ2n) is 10.6. The molecule has 0 saturated heterocycles. The minimum absolute atomic E-state index is 0.208. The number of methoxy groups -OCH3 is 4. The predicted molar refractivity (Wildman–Crippen MR) is 178 cm³/mol. The van der Waals surface area contributed by atoms with Crippen LogP contribution in [-0.4, -0.2) is 58.3 Å². The Labute approximate surface area is 268 Å². The van der Waals surface area contributed by atoms with Gasteiger partial charge in [-0.25, -0.2) is 0 Å². The van der Waals surface area contributed by atoms with E-state index in [9.17, 15) is 14.4 Å². The summed E-state index contributed by atoms with van der Waals surface area (Å²) in [5, 5.41) is 9.23. The standard InChI is InChI=1S/C34H41N3O7S/c1-20(38)36-25-13-11-21-17-30(42-3)32(43-4)33(44-5)31(21)23-12-14-26(28(39)18-24(23)25)37-27(15-16-45-6)34(40)35-19-22-9-7-8-10-29(22)41-2/h7-10,12,14,17-18,25,27H,11,13,15-16,19H2,1-6H3,(H,35,40)(H,36,38)(H,37,39).